The molecule has 1 amide bonds. The van der Waals surface area contributed by atoms with Gasteiger partial charge in [-0.05, 0) is 38.4 Å². The summed E-state index contributed by atoms with van der Waals surface area (Å²) in [5.74, 6) is 3.40. The molecule has 1 atom stereocenters. The van der Waals surface area contributed by atoms with Crippen LogP contribution in [-0.4, -0.2) is 74.2 Å². The van der Waals surface area contributed by atoms with Crippen molar-refractivity contribution in [2.75, 3.05) is 52.4 Å². The van der Waals surface area contributed by atoms with E-state index in [9.17, 15) is 4.79 Å². The van der Waals surface area contributed by atoms with Crippen LogP contribution in [0.25, 0.3) is 0 Å². The molecule has 1 aliphatic rings. The molecule has 0 radical (unpaired) electrons. The van der Waals surface area contributed by atoms with Crippen LogP contribution in [0.1, 0.15) is 6.42 Å². The van der Waals surface area contributed by atoms with Gasteiger partial charge in [-0.1, -0.05) is 12.1 Å². The van der Waals surface area contributed by atoms with Crippen LogP contribution in [0.4, 0.5) is 0 Å². The van der Waals surface area contributed by atoms with E-state index in [-0.39, 0.29) is 18.6 Å². The smallest absolute Gasteiger partial charge is 0.260 e. The van der Waals surface area contributed by atoms with Crippen LogP contribution in [0.3, 0.4) is 0 Å². The van der Waals surface area contributed by atoms with Crippen LogP contribution >= 0.6 is 11.8 Å². The second-order valence-electron chi connectivity index (χ2n) is 5.87. The molecule has 6 heteroatoms. The van der Waals surface area contributed by atoms with Crippen molar-refractivity contribution in [1.82, 2.24) is 9.80 Å². The number of nitrogens with zero attached hydrogens (tertiary/aromatic N) is 2. The molecule has 0 unspecified atom stereocenters. The minimum absolute atomic E-state index is 0.0465. The molecular formula is C17H26N2O3S. The molecule has 1 aromatic carbocycles. The summed E-state index contributed by atoms with van der Waals surface area (Å²) in [5, 5.41) is 0. The second-order valence-corrected chi connectivity index (χ2v) is 7.02. The Hall–Kier alpha value is -1.40. The summed E-state index contributed by atoms with van der Waals surface area (Å²) >= 11 is 1.93. The average Bonchev–Trinajstić information content (AvgIpc) is 2.77. The van der Waals surface area contributed by atoms with Crippen molar-refractivity contribution < 1.29 is 14.3 Å². The largest absolute Gasteiger partial charge is 0.493 e. The zero-order valence-electron chi connectivity index (χ0n) is 14.2. The number of methoxy groups -OCH3 is 1. The summed E-state index contributed by atoms with van der Waals surface area (Å²) in [4.78, 5) is 16.8. The van der Waals surface area contributed by atoms with Crippen molar-refractivity contribution in [3.8, 4) is 11.5 Å². The average molecular weight is 338 g/mol. The Morgan fingerprint density at radius 3 is 2.78 bits per heavy atom. The quantitative estimate of drug-likeness (QED) is 0.793. The molecule has 1 saturated heterocycles. The Morgan fingerprint density at radius 1 is 1.35 bits per heavy atom. The lowest BCUT2D eigenvalue weighted by Gasteiger charge is -2.31. The number of hydrogen-bond acceptors (Lipinski definition) is 5. The maximum atomic E-state index is 12.6. The second kappa shape index (κ2) is 9.03. The van der Waals surface area contributed by atoms with E-state index in [4.69, 9.17) is 9.47 Å². The number of hydrogen-bond donors (Lipinski definition) is 0. The molecule has 1 heterocycles. The van der Waals surface area contributed by atoms with Gasteiger partial charge in [-0.2, -0.15) is 11.8 Å². The van der Waals surface area contributed by atoms with Crippen molar-refractivity contribution in [2.45, 2.75) is 12.5 Å². The first-order chi connectivity index (χ1) is 11.1. The summed E-state index contributed by atoms with van der Waals surface area (Å²) in [7, 11) is 5.69. The Balaban J connectivity index is 1.99. The van der Waals surface area contributed by atoms with Crippen LogP contribution in [0, 0.1) is 0 Å². The van der Waals surface area contributed by atoms with Crippen molar-refractivity contribution in [2.24, 2.45) is 0 Å². The molecule has 0 aliphatic carbocycles. The molecule has 0 saturated carbocycles. The van der Waals surface area contributed by atoms with E-state index in [2.05, 4.69) is 4.90 Å². The van der Waals surface area contributed by atoms with Gasteiger partial charge in [-0.15, -0.1) is 0 Å². The minimum atomic E-state index is 0.0465. The van der Waals surface area contributed by atoms with Crippen molar-refractivity contribution in [3.63, 3.8) is 0 Å². The Labute approximate surface area is 142 Å². The lowest BCUT2D eigenvalue weighted by Crippen LogP contribution is -2.48. The minimum Gasteiger partial charge on any atom is -0.493 e. The van der Waals surface area contributed by atoms with Gasteiger partial charge >= 0.3 is 0 Å². The van der Waals surface area contributed by atoms with E-state index in [1.165, 1.54) is 0 Å². The van der Waals surface area contributed by atoms with E-state index >= 15 is 0 Å². The van der Waals surface area contributed by atoms with Gasteiger partial charge in [-0.25, -0.2) is 0 Å². The number of likely N-dealkylation sites (N-methyl/N-ethyl adjacent to an activating group) is 1. The zero-order valence-corrected chi connectivity index (χ0v) is 15.0. The molecule has 0 N–H and O–H groups in total. The third-order valence-corrected chi connectivity index (χ3v) is 4.95. The molecule has 2 rings (SSSR count). The standard InChI is InChI=1S/C17H26N2O3S/c1-18(2)11-14-13-23-10-6-9-19(14)17(20)12-22-16-8-5-4-7-15(16)21-3/h4-5,7-8,14H,6,9-13H2,1-3H3/t14-/m0/s1. The number of rotatable bonds is 6. The summed E-state index contributed by atoms with van der Waals surface area (Å²) in [6, 6.07) is 7.65. The molecule has 1 aliphatic heterocycles. The highest BCUT2D eigenvalue weighted by Crippen LogP contribution is 2.26. The fourth-order valence-electron chi connectivity index (χ4n) is 2.69. The lowest BCUT2D eigenvalue weighted by molar-refractivity contribution is -0.135. The molecule has 1 aromatic rings. The molecule has 0 bridgehead atoms. The molecule has 0 aromatic heterocycles. The van der Waals surface area contributed by atoms with E-state index < -0.39 is 0 Å². The highest BCUT2D eigenvalue weighted by Gasteiger charge is 2.26. The van der Waals surface area contributed by atoms with Crippen LogP contribution in [0.5, 0.6) is 11.5 Å². The maximum absolute atomic E-state index is 12.6. The van der Waals surface area contributed by atoms with Gasteiger partial charge in [-0.3, -0.25) is 4.79 Å². The van der Waals surface area contributed by atoms with Crippen LogP contribution in [0.2, 0.25) is 0 Å². The Morgan fingerprint density at radius 2 is 2.09 bits per heavy atom. The number of para-hydroxylation sites is 2. The van der Waals surface area contributed by atoms with E-state index in [0.717, 1.165) is 31.0 Å². The van der Waals surface area contributed by atoms with Gasteiger partial charge in [0.1, 0.15) is 0 Å². The first-order valence-electron chi connectivity index (χ1n) is 7.89. The fourth-order valence-corrected chi connectivity index (χ4v) is 3.75. The van der Waals surface area contributed by atoms with Gasteiger partial charge in [0.15, 0.2) is 18.1 Å². The first-order valence-corrected chi connectivity index (χ1v) is 9.05. The Bertz CT molecular complexity index is 510. The lowest BCUT2D eigenvalue weighted by atomic mass is 10.2. The van der Waals surface area contributed by atoms with Gasteiger partial charge in [0.2, 0.25) is 0 Å². The zero-order chi connectivity index (χ0) is 16.7. The molecule has 0 spiro atoms. The molecule has 128 valence electrons. The third-order valence-electron chi connectivity index (χ3n) is 3.76. The van der Waals surface area contributed by atoms with Crippen molar-refractivity contribution >= 4 is 17.7 Å². The maximum Gasteiger partial charge on any atom is 0.260 e. The molecular weight excluding hydrogens is 312 g/mol. The summed E-state index contributed by atoms with van der Waals surface area (Å²) in [6.45, 7) is 1.74. The Kier molecular flexibility index (Phi) is 7.05. The van der Waals surface area contributed by atoms with Crippen LogP contribution < -0.4 is 9.47 Å². The monoisotopic (exact) mass is 338 g/mol. The molecule has 1 fully saturated rings. The number of benzene rings is 1. The highest BCUT2D eigenvalue weighted by atomic mass is 32.2. The fraction of sp³-hybridized carbons (Fsp3) is 0.588. The molecule has 5 nitrogen and oxygen atoms in total. The number of carbonyl (C=O) groups is 1. The predicted octanol–water partition coefficient (Wildman–Crippen LogP) is 1.97. The summed E-state index contributed by atoms with van der Waals surface area (Å²) in [6.07, 6.45) is 1.04. The van der Waals surface area contributed by atoms with Gasteiger partial charge in [0, 0.05) is 18.8 Å². The summed E-state index contributed by atoms with van der Waals surface area (Å²) in [5.41, 5.74) is 0. The number of carbonyl (C=O) groups excluding carboxylic acids is 1. The van der Waals surface area contributed by atoms with Gasteiger partial charge in [0.05, 0.1) is 13.2 Å². The number of thioether (sulfide) groups is 1. The summed E-state index contributed by atoms with van der Waals surface area (Å²) < 4.78 is 11.0. The van der Waals surface area contributed by atoms with E-state index in [1.807, 2.05) is 55.0 Å². The van der Waals surface area contributed by atoms with Gasteiger partial charge < -0.3 is 19.3 Å². The van der Waals surface area contributed by atoms with Crippen molar-refractivity contribution in [3.05, 3.63) is 24.3 Å². The third kappa shape index (κ3) is 5.32. The van der Waals surface area contributed by atoms with E-state index in [0.29, 0.717) is 11.5 Å². The SMILES string of the molecule is COc1ccccc1OCC(=O)N1CCCSC[C@@H]1CN(C)C. The highest BCUT2D eigenvalue weighted by molar-refractivity contribution is 7.99. The first kappa shape index (κ1) is 17.9. The number of amides is 1. The molecule has 23 heavy (non-hydrogen) atoms. The van der Waals surface area contributed by atoms with Gasteiger partial charge in [0.25, 0.3) is 5.91 Å². The van der Waals surface area contributed by atoms with E-state index in [1.54, 1.807) is 7.11 Å². The van der Waals surface area contributed by atoms with Crippen LogP contribution in [0.15, 0.2) is 24.3 Å². The normalized spacial score (nSPS) is 18.6. The number of ether oxygens (including phenoxy) is 2. The van der Waals surface area contributed by atoms with Crippen LogP contribution in [-0.2, 0) is 4.79 Å². The predicted molar refractivity (Wildman–Crippen MR) is 94.5 cm³/mol. The van der Waals surface area contributed by atoms with Crippen molar-refractivity contribution in [1.29, 1.82) is 0 Å². The topological polar surface area (TPSA) is 42.0 Å².